The summed E-state index contributed by atoms with van der Waals surface area (Å²) in [5.41, 5.74) is 0.541. The van der Waals surface area contributed by atoms with Crippen LogP contribution in [-0.2, 0) is 10.2 Å². The van der Waals surface area contributed by atoms with E-state index in [9.17, 15) is 9.90 Å². The van der Waals surface area contributed by atoms with Crippen LogP contribution in [0.3, 0.4) is 0 Å². The number of carbonyl (C=O) groups is 1. The van der Waals surface area contributed by atoms with Gasteiger partial charge in [0.25, 0.3) is 0 Å². The monoisotopic (exact) mass is 261 g/mol. The third-order valence-electron chi connectivity index (χ3n) is 4.32. The predicted molar refractivity (Wildman–Crippen MR) is 75.8 cm³/mol. The Morgan fingerprint density at radius 3 is 2.37 bits per heavy atom. The van der Waals surface area contributed by atoms with Crippen molar-refractivity contribution in [3.63, 3.8) is 0 Å². The Bertz CT molecular complexity index is 439. The average molecular weight is 261 g/mol. The Labute approximate surface area is 115 Å². The molecule has 3 heteroatoms. The molecule has 104 valence electrons. The first-order valence-corrected chi connectivity index (χ1v) is 7.10. The first kappa shape index (κ1) is 14.1. The van der Waals surface area contributed by atoms with Gasteiger partial charge in [-0.3, -0.25) is 4.79 Å². The van der Waals surface area contributed by atoms with Gasteiger partial charge in [0.05, 0.1) is 11.5 Å². The van der Waals surface area contributed by atoms with Gasteiger partial charge in [0, 0.05) is 19.0 Å². The number of rotatable bonds is 5. The number of benzene rings is 1. The van der Waals surface area contributed by atoms with Gasteiger partial charge in [0.15, 0.2) is 0 Å². The van der Waals surface area contributed by atoms with Crippen molar-refractivity contribution in [3.05, 3.63) is 35.9 Å². The zero-order chi connectivity index (χ0) is 14.0. The highest BCUT2D eigenvalue weighted by Gasteiger charge is 2.63. The molecule has 0 bridgehead atoms. The van der Waals surface area contributed by atoms with Gasteiger partial charge in [0.1, 0.15) is 0 Å². The van der Waals surface area contributed by atoms with Gasteiger partial charge in [0.2, 0.25) is 5.91 Å². The second kappa shape index (κ2) is 5.33. The molecule has 1 N–H and O–H groups in total. The Balaban J connectivity index is 2.36. The van der Waals surface area contributed by atoms with E-state index in [0.717, 1.165) is 25.1 Å². The van der Waals surface area contributed by atoms with Crippen LogP contribution in [0.15, 0.2) is 30.3 Å². The van der Waals surface area contributed by atoms with Crippen molar-refractivity contribution in [1.29, 1.82) is 0 Å². The molecule has 3 atom stereocenters. The number of hydrogen-bond donors (Lipinski definition) is 1. The fourth-order valence-electron chi connectivity index (χ4n) is 3.10. The number of hydrogen-bond acceptors (Lipinski definition) is 2. The maximum absolute atomic E-state index is 12.8. The number of aliphatic hydroxyl groups excluding tert-OH is 1. The SMILES string of the molecule is CCN(CC)C(=O)[C@]1(c2ccccc2)C[C@H]1[C@H](C)O. The first-order chi connectivity index (χ1) is 9.07. The molecule has 0 radical (unpaired) electrons. The van der Waals surface area contributed by atoms with Crippen molar-refractivity contribution in [3.8, 4) is 0 Å². The Kier molecular flexibility index (Phi) is 3.95. The van der Waals surface area contributed by atoms with E-state index >= 15 is 0 Å². The lowest BCUT2D eigenvalue weighted by Crippen LogP contribution is -2.41. The van der Waals surface area contributed by atoms with Crippen molar-refractivity contribution in [2.45, 2.75) is 38.7 Å². The summed E-state index contributed by atoms with van der Waals surface area (Å²) in [6, 6.07) is 9.89. The minimum Gasteiger partial charge on any atom is -0.393 e. The molecule has 0 aliphatic heterocycles. The predicted octanol–water partition coefficient (Wildman–Crippen LogP) is 2.19. The van der Waals surface area contributed by atoms with E-state index in [1.165, 1.54) is 0 Å². The maximum atomic E-state index is 12.8. The van der Waals surface area contributed by atoms with Crippen LogP contribution in [-0.4, -0.2) is 35.1 Å². The maximum Gasteiger partial charge on any atom is 0.233 e. The second-order valence-corrected chi connectivity index (χ2v) is 5.37. The quantitative estimate of drug-likeness (QED) is 0.882. The van der Waals surface area contributed by atoms with Crippen LogP contribution in [0, 0.1) is 5.92 Å². The van der Waals surface area contributed by atoms with E-state index in [2.05, 4.69) is 0 Å². The molecule has 1 amide bonds. The van der Waals surface area contributed by atoms with E-state index in [4.69, 9.17) is 0 Å². The largest absolute Gasteiger partial charge is 0.393 e. The first-order valence-electron chi connectivity index (χ1n) is 7.10. The fraction of sp³-hybridized carbons (Fsp3) is 0.562. The summed E-state index contributed by atoms with van der Waals surface area (Å²) in [5.74, 6) is 0.206. The molecule has 1 aromatic rings. The standard InChI is InChI=1S/C16H23NO2/c1-4-17(5-2)15(19)16(11-14(16)12(3)18)13-9-7-6-8-10-13/h6-10,12,14,18H,4-5,11H2,1-3H3/t12-,14-,16-/m0/s1. The molecule has 0 spiro atoms. The molecule has 0 unspecified atom stereocenters. The molecule has 1 fully saturated rings. The highest BCUT2D eigenvalue weighted by molar-refractivity contribution is 5.92. The molecule has 19 heavy (non-hydrogen) atoms. The van der Waals surface area contributed by atoms with Gasteiger partial charge in [-0.25, -0.2) is 0 Å². The van der Waals surface area contributed by atoms with Gasteiger partial charge < -0.3 is 10.0 Å². The van der Waals surface area contributed by atoms with E-state index in [1.54, 1.807) is 6.92 Å². The van der Waals surface area contributed by atoms with Crippen molar-refractivity contribution >= 4 is 5.91 Å². The second-order valence-electron chi connectivity index (χ2n) is 5.37. The Morgan fingerprint density at radius 2 is 1.95 bits per heavy atom. The summed E-state index contributed by atoms with van der Waals surface area (Å²) in [5, 5.41) is 9.89. The molecular weight excluding hydrogens is 238 g/mol. The average Bonchev–Trinajstić information content (AvgIpc) is 3.18. The lowest BCUT2D eigenvalue weighted by atomic mass is 9.90. The van der Waals surface area contributed by atoms with E-state index in [0.29, 0.717) is 0 Å². The molecule has 3 nitrogen and oxygen atoms in total. The summed E-state index contributed by atoms with van der Waals surface area (Å²) in [7, 11) is 0. The highest BCUT2D eigenvalue weighted by atomic mass is 16.3. The number of aliphatic hydroxyl groups is 1. The molecule has 1 aromatic carbocycles. The smallest absolute Gasteiger partial charge is 0.233 e. The van der Waals surface area contributed by atoms with E-state index in [1.807, 2.05) is 49.1 Å². The van der Waals surface area contributed by atoms with Crippen LogP contribution in [0.2, 0.25) is 0 Å². The minimum atomic E-state index is -0.499. The molecule has 1 aliphatic carbocycles. The molecule has 0 saturated heterocycles. The number of likely N-dealkylation sites (N-methyl/N-ethyl adjacent to an activating group) is 1. The van der Waals surface area contributed by atoms with Crippen molar-refractivity contribution < 1.29 is 9.90 Å². The van der Waals surface area contributed by atoms with Crippen LogP contribution in [0.25, 0.3) is 0 Å². The molecule has 2 rings (SSSR count). The van der Waals surface area contributed by atoms with Gasteiger partial charge in [-0.1, -0.05) is 30.3 Å². The number of amides is 1. The zero-order valence-electron chi connectivity index (χ0n) is 12.0. The lowest BCUT2D eigenvalue weighted by Gasteiger charge is -2.27. The van der Waals surface area contributed by atoms with Crippen molar-refractivity contribution in [1.82, 2.24) is 4.90 Å². The van der Waals surface area contributed by atoms with Crippen LogP contribution >= 0.6 is 0 Å². The van der Waals surface area contributed by atoms with Crippen LogP contribution < -0.4 is 0 Å². The fourth-order valence-corrected chi connectivity index (χ4v) is 3.10. The van der Waals surface area contributed by atoms with Crippen LogP contribution in [0.1, 0.15) is 32.8 Å². The zero-order valence-corrected chi connectivity index (χ0v) is 12.0. The molecular formula is C16H23NO2. The van der Waals surface area contributed by atoms with Crippen molar-refractivity contribution in [2.75, 3.05) is 13.1 Å². The van der Waals surface area contributed by atoms with Gasteiger partial charge in [-0.05, 0) is 32.8 Å². The van der Waals surface area contributed by atoms with Crippen molar-refractivity contribution in [2.24, 2.45) is 5.92 Å². The molecule has 0 heterocycles. The Hall–Kier alpha value is -1.35. The summed E-state index contributed by atoms with van der Waals surface area (Å²) >= 11 is 0. The Morgan fingerprint density at radius 1 is 1.37 bits per heavy atom. The third kappa shape index (κ3) is 2.27. The van der Waals surface area contributed by atoms with Gasteiger partial charge >= 0.3 is 0 Å². The highest BCUT2D eigenvalue weighted by Crippen LogP contribution is 2.57. The molecule has 1 saturated carbocycles. The van der Waals surface area contributed by atoms with Gasteiger partial charge in [-0.15, -0.1) is 0 Å². The third-order valence-corrected chi connectivity index (χ3v) is 4.32. The van der Waals surface area contributed by atoms with Crippen LogP contribution in [0.5, 0.6) is 0 Å². The summed E-state index contributed by atoms with van der Waals surface area (Å²) in [6.45, 7) is 7.22. The van der Waals surface area contributed by atoms with Crippen LogP contribution in [0.4, 0.5) is 0 Å². The summed E-state index contributed by atoms with van der Waals surface area (Å²) in [4.78, 5) is 14.7. The molecule has 1 aliphatic rings. The number of carbonyl (C=O) groups excluding carboxylic acids is 1. The normalized spacial score (nSPS) is 26.8. The van der Waals surface area contributed by atoms with Gasteiger partial charge in [-0.2, -0.15) is 0 Å². The summed E-state index contributed by atoms with van der Waals surface area (Å²) < 4.78 is 0. The summed E-state index contributed by atoms with van der Waals surface area (Å²) in [6.07, 6.45) is 0.309. The van der Waals surface area contributed by atoms with E-state index < -0.39 is 11.5 Å². The number of nitrogens with zero attached hydrogens (tertiary/aromatic N) is 1. The topological polar surface area (TPSA) is 40.5 Å². The van der Waals surface area contributed by atoms with E-state index in [-0.39, 0.29) is 11.8 Å². The molecule has 0 aromatic heterocycles. The minimum absolute atomic E-state index is 0.0444. The lowest BCUT2D eigenvalue weighted by molar-refractivity contribution is -0.134.